The van der Waals surface area contributed by atoms with Gasteiger partial charge in [-0.25, -0.2) is 9.89 Å². The summed E-state index contributed by atoms with van der Waals surface area (Å²) < 4.78 is 10.0. The van der Waals surface area contributed by atoms with Gasteiger partial charge in [0.25, 0.3) is 11.5 Å². The molecule has 1 amide bonds. The SMILES string of the molecule is COc1ccc(NC(=O)COC(=O)c2n[nH]c(=O)c3ccccc23)cc1. The van der Waals surface area contributed by atoms with E-state index >= 15 is 0 Å². The standard InChI is InChI=1S/C18H15N3O5/c1-25-12-8-6-11(7-9-12)19-15(22)10-26-18(24)16-13-4-2-3-5-14(13)17(23)21-20-16/h2-9H,10H2,1H3,(H,19,22)(H,21,23). The van der Waals surface area contributed by atoms with Crippen molar-refractivity contribution in [2.24, 2.45) is 0 Å². The topological polar surface area (TPSA) is 110 Å². The van der Waals surface area contributed by atoms with E-state index in [-0.39, 0.29) is 5.69 Å². The monoisotopic (exact) mass is 353 g/mol. The van der Waals surface area contributed by atoms with Gasteiger partial charge in [-0.1, -0.05) is 18.2 Å². The zero-order chi connectivity index (χ0) is 18.5. The third kappa shape index (κ3) is 3.69. The molecule has 2 aromatic carbocycles. The zero-order valence-electron chi connectivity index (χ0n) is 13.8. The average molecular weight is 353 g/mol. The maximum absolute atomic E-state index is 12.2. The number of anilines is 1. The first kappa shape index (κ1) is 17.2. The van der Waals surface area contributed by atoms with E-state index in [2.05, 4.69) is 15.5 Å². The van der Waals surface area contributed by atoms with Crippen molar-refractivity contribution in [1.82, 2.24) is 10.2 Å². The molecule has 3 aromatic rings. The summed E-state index contributed by atoms with van der Waals surface area (Å²) in [6.07, 6.45) is 0. The molecule has 3 rings (SSSR count). The molecular weight excluding hydrogens is 338 g/mol. The quantitative estimate of drug-likeness (QED) is 0.676. The van der Waals surface area contributed by atoms with Gasteiger partial charge in [-0.2, -0.15) is 5.10 Å². The fraction of sp³-hybridized carbons (Fsp3) is 0.111. The van der Waals surface area contributed by atoms with Crippen LogP contribution < -0.4 is 15.6 Å². The minimum atomic E-state index is -0.803. The molecule has 0 atom stereocenters. The molecule has 8 nitrogen and oxygen atoms in total. The number of rotatable bonds is 5. The number of hydrogen-bond acceptors (Lipinski definition) is 6. The minimum Gasteiger partial charge on any atom is -0.497 e. The molecule has 0 saturated carbocycles. The summed E-state index contributed by atoms with van der Waals surface area (Å²) in [5, 5.41) is 9.24. The molecule has 2 N–H and O–H groups in total. The van der Waals surface area contributed by atoms with E-state index in [1.165, 1.54) is 0 Å². The van der Waals surface area contributed by atoms with Gasteiger partial charge in [0.1, 0.15) is 5.75 Å². The number of aromatic nitrogens is 2. The Kier molecular flexibility index (Phi) is 4.93. The van der Waals surface area contributed by atoms with Gasteiger partial charge < -0.3 is 14.8 Å². The van der Waals surface area contributed by atoms with Crippen molar-refractivity contribution in [2.75, 3.05) is 19.0 Å². The van der Waals surface area contributed by atoms with Crippen molar-refractivity contribution in [3.8, 4) is 5.75 Å². The number of nitrogens with one attached hydrogen (secondary N) is 2. The molecule has 0 bridgehead atoms. The second-order valence-corrected chi connectivity index (χ2v) is 5.30. The molecule has 0 fully saturated rings. The van der Waals surface area contributed by atoms with Crippen LogP contribution in [-0.4, -0.2) is 35.8 Å². The summed E-state index contributed by atoms with van der Waals surface area (Å²) in [6, 6.07) is 13.2. The van der Waals surface area contributed by atoms with Crippen LogP contribution in [0.15, 0.2) is 53.3 Å². The number of ether oxygens (including phenoxy) is 2. The molecule has 0 radical (unpaired) electrons. The molecule has 132 valence electrons. The molecular formula is C18H15N3O5. The van der Waals surface area contributed by atoms with E-state index in [1.807, 2.05) is 0 Å². The van der Waals surface area contributed by atoms with Crippen LogP contribution in [-0.2, 0) is 9.53 Å². The Morgan fingerprint density at radius 2 is 1.77 bits per heavy atom. The number of aromatic amines is 1. The molecule has 1 aromatic heterocycles. The van der Waals surface area contributed by atoms with Gasteiger partial charge in [-0.05, 0) is 30.3 Å². The smallest absolute Gasteiger partial charge is 0.359 e. The fourth-order valence-electron chi connectivity index (χ4n) is 2.34. The second kappa shape index (κ2) is 7.47. The first-order chi connectivity index (χ1) is 12.6. The van der Waals surface area contributed by atoms with Crippen molar-refractivity contribution in [2.45, 2.75) is 0 Å². The lowest BCUT2D eigenvalue weighted by atomic mass is 10.1. The Morgan fingerprint density at radius 1 is 1.08 bits per heavy atom. The zero-order valence-corrected chi connectivity index (χ0v) is 13.8. The van der Waals surface area contributed by atoms with E-state index in [4.69, 9.17) is 9.47 Å². The lowest BCUT2D eigenvalue weighted by molar-refractivity contribution is -0.119. The lowest BCUT2D eigenvalue weighted by Crippen LogP contribution is -2.22. The van der Waals surface area contributed by atoms with Crippen LogP contribution in [0.5, 0.6) is 5.75 Å². The van der Waals surface area contributed by atoms with Crippen LogP contribution >= 0.6 is 0 Å². The van der Waals surface area contributed by atoms with Crippen LogP contribution in [0.2, 0.25) is 0 Å². The Morgan fingerprint density at radius 3 is 2.46 bits per heavy atom. The van der Waals surface area contributed by atoms with Crippen LogP contribution in [0.4, 0.5) is 5.69 Å². The lowest BCUT2D eigenvalue weighted by Gasteiger charge is -2.08. The summed E-state index contributed by atoms with van der Waals surface area (Å²) >= 11 is 0. The van der Waals surface area contributed by atoms with Crippen LogP contribution in [0.3, 0.4) is 0 Å². The number of methoxy groups -OCH3 is 1. The van der Waals surface area contributed by atoms with Gasteiger partial charge in [-0.15, -0.1) is 0 Å². The predicted molar refractivity (Wildman–Crippen MR) is 94.3 cm³/mol. The molecule has 0 aliphatic rings. The van der Waals surface area contributed by atoms with Crippen molar-refractivity contribution < 1.29 is 19.1 Å². The van der Waals surface area contributed by atoms with Crippen LogP contribution in [0.25, 0.3) is 10.8 Å². The van der Waals surface area contributed by atoms with E-state index in [0.717, 1.165) is 0 Å². The van der Waals surface area contributed by atoms with E-state index in [1.54, 1.807) is 55.6 Å². The van der Waals surface area contributed by atoms with Gasteiger partial charge in [0, 0.05) is 11.1 Å². The first-order valence-corrected chi connectivity index (χ1v) is 7.67. The highest BCUT2D eigenvalue weighted by Crippen LogP contribution is 2.15. The summed E-state index contributed by atoms with van der Waals surface area (Å²) in [4.78, 5) is 35.9. The predicted octanol–water partition coefficient (Wildman–Crippen LogP) is 1.73. The number of carbonyl (C=O) groups excluding carboxylic acids is 2. The molecule has 0 aliphatic carbocycles. The van der Waals surface area contributed by atoms with Crippen molar-refractivity contribution in [3.05, 3.63) is 64.6 Å². The molecule has 8 heteroatoms. The highest BCUT2D eigenvalue weighted by Gasteiger charge is 2.16. The molecule has 0 unspecified atom stereocenters. The molecule has 26 heavy (non-hydrogen) atoms. The number of H-pyrrole nitrogens is 1. The van der Waals surface area contributed by atoms with Gasteiger partial charge in [0.15, 0.2) is 12.3 Å². The molecule has 1 heterocycles. The Balaban J connectivity index is 1.66. The van der Waals surface area contributed by atoms with E-state index < -0.39 is 24.0 Å². The average Bonchev–Trinajstić information content (AvgIpc) is 2.67. The highest BCUT2D eigenvalue weighted by molar-refractivity contribution is 6.03. The molecule has 0 saturated heterocycles. The van der Waals surface area contributed by atoms with Crippen molar-refractivity contribution in [1.29, 1.82) is 0 Å². The molecule has 0 aliphatic heterocycles. The highest BCUT2D eigenvalue weighted by atomic mass is 16.5. The number of carbonyl (C=O) groups is 2. The third-order valence-electron chi connectivity index (χ3n) is 3.60. The Hall–Kier alpha value is -3.68. The largest absolute Gasteiger partial charge is 0.497 e. The van der Waals surface area contributed by atoms with E-state index in [9.17, 15) is 14.4 Å². The van der Waals surface area contributed by atoms with Crippen molar-refractivity contribution in [3.63, 3.8) is 0 Å². The number of nitrogens with zero attached hydrogens (tertiary/aromatic N) is 1. The number of benzene rings is 2. The normalized spacial score (nSPS) is 10.3. The fourth-order valence-corrected chi connectivity index (χ4v) is 2.34. The number of fused-ring (bicyclic) bond motifs is 1. The second-order valence-electron chi connectivity index (χ2n) is 5.30. The van der Waals surface area contributed by atoms with Crippen molar-refractivity contribution >= 4 is 28.3 Å². The minimum absolute atomic E-state index is 0.0579. The van der Waals surface area contributed by atoms with Gasteiger partial charge in [0.2, 0.25) is 0 Å². The van der Waals surface area contributed by atoms with E-state index in [0.29, 0.717) is 22.2 Å². The Bertz CT molecular complexity index is 1010. The summed E-state index contributed by atoms with van der Waals surface area (Å²) in [5.74, 6) is -0.648. The summed E-state index contributed by atoms with van der Waals surface area (Å²) in [5.41, 5.74) is 0.0753. The number of esters is 1. The Labute approximate surface area is 147 Å². The van der Waals surface area contributed by atoms with Gasteiger partial charge in [-0.3, -0.25) is 9.59 Å². The molecule has 0 spiro atoms. The van der Waals surface area contributed by atoms with Gasteiger partial charge in [0.05, 0.1) is 12.5 Å². The third-order valence-corrected chi connectivity index (χ3v) is 3.60. The van der Waals surface area contributed by atoms with Gasteiger partial charge >= 0.3 is 5.97 Å². The van der Waals surface area contributed by atoms with Crippen LogP contribution in [0, 0.1) is 0 Å². The maximum atomic E-state index is 12.2. The van der Waals surface area contributed by atoms with Crippen LogP contribution in [0.1, 0.15) is 10.5 Å². The maximum Gasteiger partial charge on any atom is 0.359 e. The number of amides is 1. The summed E-state index contributed by atoms with van der Waals surface area (Å²) in [6.45, 7) is -0.486. The summed E-state index contributed by atoms with van der Waals surface area (Å²) in [7, 11) is 1.54. The first-order valence-electron chi connectivity index (χ1n) is 7.67. The number of hydrogen-bond donors (Lipinski definition) is 2.